The third-order valence-electron chi connectivity index (χ3n) is 2.70. The first-order valence-electron chi connectivity index (χ1n) is 6.76. The van der Waals surface area contributed by atoms with Crippen molar-refractivity contribution in [2.75, 3.05) is 6.54 Å². The van der Waals surface area contributed by atoms with Crippen molar-refractivity contribution >= 4 is 34.5 Å². The van der Waals surface area contributed by atoms with Crippen molar-refractivity contribution in [2.24, 2.45) is 5.92 Å². The van der Waals surface area contributed by atoms with Gasteiger partial charge in [-0.3, -0.25) is 0 Å². The van der Waals surface area contributed by atoms with E-state index in [2.05, 4.69) is 24.1 Å². The number of ether oxygens (including phenoxy) is 1. The highest BCUT2D eigenvalue weighted by atomic mass is 35.5. The Kier molecular flexibility index (Phi) is 6.30. The molecule has 1 aromatic heterocycles. The molecule has 114 valence electrons. The number of nitrogens with one attached hydrogen (secondary N) is 1. The molecule has 6 heteroatoms. The van der Waals surface area contributed by atoms with Gasteiger partial charge in [0.15, 0.2) is 0 Å². The van der Waals surface area contributed by atoms with Crippen LogP contribution in [0.2, 0.25) is 10.0 Å². The Morgan fingerprint density at radius 2 is 2.14 bits per heavy atom. The van der Waals surface area contributed by atoms with Crippen LogP contribution in [-0.2, 0) is 13.2 Å². The summed E-state index contributed by atoms with van der Waals surface area (Å²) in [7, 11) is 0. The van der Waals surface area contributed by atoms with E-state index in [9.17, 15) is 0 Å². The number of hydrogen-bond acceptors (Lipinski definition) is 4. The van der Waals surface area contributed by atoms with Crippen molar-refractivity contribution in [3.05, 3.63) is 44.3 Å². The van der Waals surface area contributed by atoms with Crippen molar-refractivity contribution in [3.8, 4) is 5.75 Å². The van der Waals surface area contributed by atoms with Gasteiger partial charge in [-0.1, -0.05) is 37.0 Å². The molecular formula is C15H18Cl2N2OS. The van der Waals surface area contributed by atoms with E-state index in [1.807, 2.05) is 5.38 Å². The predicted molar refractivity (Wildman–Crippen MR) is 89.5 cm³/mol. The number of benzene rings is 1. The lowest BCUT2D eigenvalue weighted by Gasteiger charge is -2.06. The number of rotatable bonds is 7. The molecule has 0 unspecified atom stereocenters. The van der Waals surface area contributed by atoms with Gasteiger partial charge in [-0.25, -0.2) is 4.98 Å². The highest BCUT2D eigenvalue weighted by molar-refractivity contribution is 7.09. The third kappa shape index (κ3) is 5.47. The van der Waals surface area contributed by atoms with Gasteiger partial charge in [0, 0.05) is 16.9 Å². The van der Waals surface area contributed by atoms with E-state index in [1.165, 1.54) is 0 Å². The molecule has 0 spiro atoms. The Bertz CT molecular complexity index is 587. The Morgan fingerprint density at radius 3 is 2.86 bits per heavy atom. The molecule has 0 radical (unpaired) electrons. The summed E-state index contributed by atoms with van der Waals surface area (Å²) in [6, 6.07) is 5.19. The van der Waals surface area contributed by atoms with Crippen LogP contribution >= 0.6 is 34.5 Å². The lowest BCUT2D eigenvalue weighted by Crippen LogP contribution is -2.18. The molecule has 1 heterocycles. The highest BCUT2D eigenvalue weighted by Crippen LogP contribution is 2.28. The third-order valence-corrected chi connectivity index (χ3v) is 4.13. The zero-order chi connectivity index (χ0) is 15.2. The fraction of sp³-hybridized carbons (Fsp3) is 0.400. The minimum Gasteiger partial charge on any atom is -0.486 e. The second-order valence-electron chi connectivity index (χ2n) is 5.12. The van der Waals surface area contributed by atoms with Gasteiger partial charge in [-0.15, -0.1) is 11.3 Å². The SMILES string of the molecule is CC(C)CNCc1nc(COc2ccc(Cl)cc2Cl)cs1. The second kappa shape index (κ2) is 7.99. The molecule has 1 N–H and O–H groups in total. The van der Waals surface area contributed by atoms with Crippen LogP contribution in [0.3, 0.4) is 0 Å². The first-order chi connectivity index (χ1) is 10.0. The molecule has 3 nitrogen and oxygen atoms in total. The first kappa shape index (κ1) is 16.6. The summed E-state index contributed by atoms with van der Waals surface area (Å²) in [4.78, 5) is 4.53. The lowest BCUT2D eigenvalue weighted by atomic mass is 10.2. The molecule has 0 saturated carbocycles. The van der Waals surface area contributed by atoms with E-state index in [-0.39, 0.29) is 0 Å². The number of aromatic nitrogens is 1. The summed E-state index contributed by atoms with van der Waals surface area (Å²) in [5.74, 6) is 1.26. The van der Waals surface area contributed by atoms with Gasteiger partial charge in [0.05, 0.1) is 10.7 Å². The predicted octanol–water partition coefficient (Wildman–Crippen LogP) is 4.77. The quantitative estimate of drug-likeness (QED) is 0.785. The largest absolute Gasteiger partial charge is 0.486 e. The van der Waals surface area contributed by atoms with Crippen LogP contribution in [0, 0.1) is 5.92 Å². The number of thiazole rings is 1. The van der Waals surface area contributed by atoms with Crippen LogP contribution in [0.5, 0.6) is 5.75 Å². The average Bonchev–Trinajstić information content (AvgIpc) is 2.85. The Balaban J connectivity index is 1.85. The highest BCUT2D eigenvalue weighted by Gasteiger charge is 2.06. The van der Waals surface area contributed by atoms with Gasteiger partial charge < -0.3 is 10.1 Å². The Hall–Kier alpha value is -0.810. The van der Waals surface area contributed by atoms with Crippen LogP contribution in [0.1, 0.15) is 24.5 Å². The summed E-state index contributed by atoms with van der Waals surface area (Å²) >= 11 is 13.5. The monoisotopic (exact) mass is 344 g/mol. The van der Waals surface area contributed by atoms with Crippen molar-refractivity contribution < 1.29 is 4.74 Å². The molecule has 0 atom stereocenters. The number of hydrogen-bond donors (Lipinski definition) is 1. The molecule has 0 amide bonds. The number of halogens is 2. The van der Waals surface area contributed by atoms with Crippen LogP contribution in [-0.4, -0.2) is 11.5 Å². The standard InChI is InChI=1S/C15H18Cl2N2OS/c1-10(2)6-18-7-15-19-12(9-21-15)8-20-14-4-3-11(16)5-13(14)17/h3-5,9-10,18H,6-8H2,1-2H3. The molecule has 2 rings (SSSR count). The molecule has 0 aliphatic rings. The van der Waals surface area contributed by atoms with E-state index in [1.54, 1.807) is 29.5 Å². The zero-order valence-corrected chi connectivity index (χ0v) is 14.4. The van der Waals surface area contributed by atoms with Gasteiger partial charge in [0.2, 0.25) is 0 Å². The van der Waals surface area contributed by atoms with Crippen LogP contribution in [0.4, 0.5) is 0 Å². The summed E-state index contributed by atoms with van der Waals surface area (Å²) in [5.41, 5.74) is 0.910. The van der Waals surface area contributed by atoms with Gasteiger partial charge in [-0.2, -0.15) is 0 Å². The normalized spacial score (nSPS) is 11.1. The van der Waals surface area contributed by atoms with E-state index in [0.29, 0.717) is 28.3 Å². The van der Waals surface area contributed by atoms with Crippen LogP contribution in [0.15, 0.2) is 23.6 Å². The Morgan fingerprint density at radius 1 is 1.33 bits per heavy atom. The molecule has 0 aliphatic carbocycles. The Labute approximate surface area is 139 Å². The van der Waals surface area contributed by atoms with Crippen molar-refractivity contribution in [3.63, 3.8) is 0 Å². The molecule has 0 saturated heterocycles. The molecule has 0 bridgehead atoms. The molecule has 1 aromatic carbocycles. The van der Waals surface area contributed by atoms with E-state index in [4.69, 9.17) is 27.9 Å². The van der Waals surface area contributed by atoms with E-state index < -0.39 is 0 Å². The summed E-state index contributed by atoms with van der Waals surface area (Å²) < 4.78 is 5.67. The molecule has 2 aromatic rings. The zero-order valence-electron chi connectivity index (χ0n) is 12.0. The van der Waals surface area contributed by atoms with Gasteiger partial charge in [0.1, 0.15) is 17.4 Å². The molecule has 0 aliphatic heterocycles. The van der Waals surface area contributed by atoms with Crippen molar-refractivity contribution in [2.45, 2.75) is 27.0 Å². The topological polar surface area (TPSA) is 34.2 Å². The first-order valence-corrected chi connectivity index (χ1v) is 8.40. The van der Waals surface area contributed by atoms with E-state index >= 15 is 0 Å². The summed E-state index contributed by atoms with van der Waals surface area (Å²) in [5, 5.41) is 7.56. The fourth-order valence-corrected chi connectivity index (χ4v) is 2.92. The number of nitrogens with zero attached hydrogens (tertiary/aromatic N) is 1. The minimum atomic E-state index is 0.405. The van der Waals surface area contributed by atoms with Gasteiger partial charge in [0.25, 0.3) is 0 Å². The van der Waals surface area contributed by atoms with Crippen LogP contribution < -0.4 is 10.1 Å². The van der Waals surface area contributed by atoms with E-state index in [0.717, 1.165) is 23.8 Å². The summed E-state index contributed by atoms with van der Waals surface area (Å²) in [6.45, 7) is 6.56. The maximum Gasteiger partial charge on any atom is 0.138 e. The maximum atomic E-state index is 6.06. The van der Waals surface area contributed by atoms with Crippen LogP contribution in [0.25, 0.3) is 0 Å². The summed E-state index contributed by atoms with van der Waals surface area (Å²) in [6.07, 6.45) is 0. The fourth-order valence-electron chi connectivity index (χ4n) is 1.71. The molecule has 0 fully saturated rings. The minimum absolute atomic E-state index is 0.405. The van der Waals surface area contributed by atoms with Gasteiger partial charge in [-0.05, 0) is 30.7 Å². The molecule has 21 heavy (non-hydrogen) atoms. The average molecular weight is 345 g/mol. The maximum absolute atomic E-state index is 6.06. The van der Waals surface area contributed by atoms with Crippen molar-refractivity contribution in [1.82, 2.24) is 10.3 Å². The van der Waals surface area contributed by atoms with Crippen molar-refractivity contribution in [1.29, 1.82) is 0 Å². The molecular weight excluding hydrogens is 327 g/mol. The second-order valence-corrected chi connectivity index (χ2v) is 6.91. The van der Waals surface area contributed by atoms with Gasteiger partial charge >= 0.3 is 0 Å². The smallest absolute Gasteiger partial charge is 0.138 e. The lowest BCUT2D eigenvalue weighted by molar-refractivity contribution is 0.302.